The molecule has 1 aliphatic rings. The van der Waals surface area contributed by atoms with Crippen LogP contribution in [0.25, 0.3) is 0 Å². The van der Waals surface area contributed by atoms with Crippen LogP contribution in [0, 0.1) is 0 Å². The van der Waals surface area contributed by atoms with E-state index in [2.05, 4.69) is 5.32 Å². The first-order valence-electron chi connectivity index (χ1n) is 7.17. The molecule has 2 aromatic rings. The molecule has 1 unspecified atom stereocenters. The Morgan fingerprint density at radius 1 is 1.30 bits per heavy atom. The molecule has 0 saturated heterocycles. The van der Waals surface area contributed by atoms with Gasteiger partial charge in [0.2, 0.25) is 0 Å². The van der Waals surface area contributed by atoms with E-state index in [-0.39, 0.29) is 12.0 Å². The minimum Gasteiger partial charge on any atom is -0.486 e. The quantitative estimate of drug-likeness (QED) is 0.856. The number of benzene rings is 2. The minimum absolute atomic E-state index is 0.214. The van der Waals surface area contributed by atoms with Gasteiger partial charge in [0, 0.05) is 4.90 Å². The molecule has 0 radical (unpaired) electrons. The van der Waals surface area contributed by atoms with E-state index in [9.17, 15) is 4.79 Å². The number of hydrogen-bond acceptors (Lipinski definition) is 4. The summed E-state index contributed by atoms with van der Waals surface area (Å²) < 4.78 is 11.4. The van der Waals surface area contributed by atoms with Crippen LogP contribution in [0.5, 0.6) is 11.5 Å². The number of carbonyl (C=O) groups excluding carboxylic acids is 1. The fourth-order valence-corrected chi connectivity index (χ4v) is 2.91. The van der Waals surface area contributed by atoms with Crippen molar-refractivity contribution in [1.82, 2.24) is 5.32 Å². The molecule has 1 amide bonds. The number of carbonyl (C=O) groups is 1. The first-order valence-corrected chi connectivity index (χ1v) is 8.78. The molecule has 120 valence electrons. The second-order valence-electron chi connectivity index (χ2n) is 5.05. The van der Waals surface area contributed by atoms with Gasteiger partial charge in [0.1, 0.15) is 12.7 Å². The van der Waals surface area contributed by atoms with Crippen LogP contribution in [0.2, 0.25) is 5.02 Å². The van der Waals surface area contributed by atoms with Gasteiger partial charge in [-0.05, 0) is 36.6 Å². The van der Waals surface area contributed by atoms with E-state index in [4.69, 9.17) is 21.1 Å². The van der Waals surface area contributed by atoms with Gasteiger partial charge in [-0.15, -0.1) is 11.8 Å². The molecule has 6 heteroatoms. The predicted octanol–water partition coefficient (Wildman–Crippen LogP) is 3.63. The van der Waals surface area contributed by atoms with Gasteiger partial charge in [-0.25, -0.2) is 0 Å². The SMILES string of the molecule is CSc1ccc(Cl)c(C(=O)NCC2COc3ccccc3O2)c1. The molecule has 0 aromatic heterocycles. The maximum absolute atomic E-state index is 12.3. The van der Waals surface area contributed by atoms with Crippen molar-refractivity contribution in [2.75, 3.05) is 19.4 Å². The number of amides is 1. The Morgan fingerprint density at radius 3 is 2.87 bits per heavy atom. The van der Waals surface area contributed by atoms with Crippen LogP contribution < -0.4 is 14.8 Å². The highest BCUT2D eigenvalue weighted by molar-refractivity contribution is 7.98. The lowest BCUT2D eigenvalue weighted by Crippen LogP contribution is -2.40. The molecule has 3 rings (SSSR count). The summed E-state index contributed by atoms with van der Waals surface area (Å²) in [6, 6.07) is 12.9. The summed E-state index contributed by atoms with van der Waals surface area (Å²) in [4.78, 5) is 13.3. The topological polar surface area (TPSA) is 47.6 Å². The lowest BCUT2D eigenvalue weighted by Gasteiger charge is -2.26. The Balaban J connectivity index is 1.62. The van der Waals surface area contributed by atoms with E-state index in [1.165, 1.54) is 0 Å². The third-order valence-electron chi connectivity index (χ3n) is 3.48. The second kappa shape index (κ2) is 7.15. The first-order chi connectivity index (χ1) is 11.2. The van der Waals surface area contributed by atoms with E-state index in [0.29, 0.717) is 29.5 Å². The summed E-state index contributed by atoms with van der Waals surface area (Å²) in [5.41, 5.74) is 0.468. The van der Waals surface area contributed by atoms with E-state index in [0.717, 1.165) is 10.6 Å². The molecule has 0 spiro atoms. The number of ether oxygens (including phenoxy) is 2. The van der Waals surface area contributed by atoms with Gasteiger partial charge in [0.25, 0.3) is 5.91 Å². The second-order valence-corrected chi connectivity index (χ2v) is 6.34. The average Bonchev–Trinajstić information content (AvgIpc) is 2.60. The fourth-order valence-electron chi connectivity index (χ4n) is 2.27. The number of fused-ring (bicyclic) bond motifs is 1. The van der Waals surface area contributed by atoms with Crippen molar-refractivity contribution < 1.29 is 14.3 Å². The van der Waals surface area contributed by atoms with Gasteiger partial charge in [-0.3, -0.25) is 4.79 Å². The highest BCUT2D eigenvalue weighted by Gasteiger charge is 2.21. The lowest BCUT2D eigenvalue weighted by atomic mass is 10.2. The summed E-state index contributed by atoms with van der Waals surface area (Å²) >= 11 is 7.67. The number of hydrogen-bond donors (Lipinski definition) is 1. The maximum Gasteiger partial charge on any atom is 0.252 e. The summed E-state index contributed by atoms with van der Waals surface area (Å²) in [7, 11) is 0. The highest BCUT2D eigenvalue weighted by atomic mass is 35.5. The zero-order valence-electron chi connectivity index (χ0n) is 12.5. The number of halogens is 1. The molecule has 2 aromatic carbocycles. The standard InChI is InChI=1S/C17H16ClNO3S/c1-23-12-6-7-14(18)13(8-12)17(20)19-9-11-10-21-15-4-2-3-5-16(15)22-11/h2-8,11H,9-10H2,1H3,(H,19,20). The van der Waals surface area contributed by atoms with Crippen LogP contribution in [0.1, 0.15) is 10.4 Å². The van der Waals surface area contributed by atoms with Gasteiger partial charge in [-0.2, -0.15) is 0 Å². The third kappa shape index (κ3) is 3.74. The van der Waals surface area contributed by atoms with Crippen molar-refractivity contribution in [3.63, 3.8) is 0 Å². The Morgan fingerprint density at radius 2 is 2.09 bits per heavy atom. The van der Waals surface area contributed by atoms with Crippen molar-refractivity contribution in [1.29, 1.82) is 0 Å². The van der Waals surface area contributed by atoms with E-state index in [1.807, 2.05) is 36.6 Å². The molecular formula is C17H16ClNO3S. The smallest absolute Gasteiger partial charge is 0.252 e. The predicted molar refractivity (Wildman–Crippen MR) is 91.9 cm³/mol. The van der Waals surface area contributed by atoms with Crippen molar-refractivity contribution >= 4 is 29.3 Å². The van der Waals surface area contributed by atoms with Gasteiger partial charge in [-0.1, -0.05) is 23.7 Å². The fraction of sp³-hybridized carbons (Fsp3) is 0.235. The summed E-state index contributed by atoms with van der Waals surface area (Å²) in [5.74, 6) is 1.21. The molecule has 1 aliphatic heterocycles. The minimum atomic E-state index is -0.226. The van der Waals surface area contributed by atoms with Crippen LogP contribution >= 0.6 is 23.4 Å². The first kappa shape index (κ1) is 16.0. The summed E-state index contributed by atoms with van der Waals surface area (Å²) in [6.45, 7) is 0.753. The number of thioether (sulfide) groups is 1. The monoisotopic (exact) mass is 349 g/mol. The normalized spacial score (nSPS) is 16.0. The van der Waals surface area contributed by atoms with Gasteiger partial charge < -0.3 is 14.8 Å². The Hall–Kier alpha value is -1.85. The van der Waals surface area contributed by atoms with Crippen molar-refractivity contribution in [2.45, 2.75) is 11.0 Å². The highest BCUT2D eigenvalue weighted by Crippen LogP contribution is 2.30. The summed E-state index contributed by atoms with van der Waals surface area (Å²) in [5, 5.41) is 3.29. The molecule has 23 heavy (non-hydrogen) atoms. The molecule has 0 aliphatic carbocycles. The van der Waals surface area contributed by atoms with E-state index in [1.54, 1.807) is 23.9 Å². The maximum atomic E-state index is 12.3. The molecule has 0 saturated carbocycles. The molecule has 0 bridgehead atoms. The van der Waals surface area contributed by atoms with Crippen LogP contribution in [-0.2, 0) is 0 Å². The molecule has 4 nitrogen and oxygen atoms in total. The van der Waals surface area contributed by atoms with Crippen LogP contribution in [0.3, 0.4) is 0 Å². The molecule has 0 fully saturated rings. The zero-order valence-corrected chi connectivity index (χ0v) is 14.1. The lowest BCUT2D eigenvalue weighted by molar-refractivity contribution is 0.0789. The van der Waals surface area contributed by atoms with Crippen molar-refractivity contribution in [3.05, 3.63) is 53.1 Å². The Labute approximate surface area is 144 Å². The summed E-state index contributed by atoms with van der Waals surface area (Å²) in [6.07, 6.45) is 1.73. The molecule has 1 N–H and O–H groups in total. The number of nitrogens with one attached hydrogen (secondary N) is 1. The molecular weight excluding hydrogens is 334 g/mol. The Bertz CT molecular complexity index is 723. The number of para-hydroxylation sites is 2. The van der Waals surface area contributed by atoms with Crippen molar-refractivity contribution in [2.24, 2.45) is 0 Å². The zero-order chi connectivity index (χ0) is 16.2. The molecule has 1 atom stereocenters. The Kier molecular flexibility index (Phi) is 4.98. The van der Waals surface area contributed by atoms with E-state index < -0.39 is 0 Å². The van der Waals surface area contributed by atoms with Gasteiger partial charge >= 0.3 is 0 Å². The number of rotatable bonds is 4. The largest absolute Gasteiger partial charge is 0.486 e. The van der Waals surface area contributed by atoms with Crippen LogP contribution in [-0.4, -0.2) is 31.4 Å². The van der Waals surface area contributed by atoms with Gasteiger partial charge in [0.05, 0.1) is 17.1 Å². The van der Waals surface area contributed by atoms with E-state index >= 15 is 0 Å². The molecule has 1 heterocycles. The van der Waals surface area contributed by atoms with Crippen molar-refractivity contribution in [3.8, 4) is 11.5 Å². The average molecular weight is 350 g/mol. The van der Waals surface area contributed by atoms with Crippen LogP contribution in [0.15, 0.2) is 47.4 Å². The third-order valence-corrected chi connectivity index (χ3v) is 4.53. The van der Waals surface area contributed by atoms with Crippen LogP contribution in [0.4, 0.5) is 0 Å². The van der Waals surface area contributed by atoms with Gasteiger partial charge in [0.15, 0.2) is 11.5 Å².